The van der Waals surface area contributed by atoms with E-state index in [2.05, 4.69) is 20.7 Å². The summed E-state index contributed by atoms with van der Waals surface area (Å²) in [4.78, 5) is 0.354. The van der Waals surface area contributed by atoms with E-state index in [9.17, 15) is 8.78 Å². The second-order valence-electron chi connectivity index (χ2n) is 3.93. The molecule has 0 atom stereocenters. The number of aromatic nitrogens is 2. The number of nitrogens with one attached hydrogen (secondary N) is 1. The fourth-order valence-electron chi connectivity index (χ4n) is 1.55. The van der Waals surface area contributed by atoms with Crippen molar-refractivity contribution in [3.8, 4) is 0 Å². The Balaban J connectivity index is 1.93. The van der Waals surface area contributed by atoms with Crippen LogP contribution in [0.15, 0.2) is 47.6 Å². The van der Waals surface area contributed by atoms with Crippen LogP contribution in [0.2, 0.25) is 0 Å². The highest BCUT2D eigenvalue weighted by molar-refractivity contribution is 7.15. The molecule has 3 aromatic rings. The summed E-state index contributed by atoms with van der Waals surface area (Å²) in [6.45, 7) is 0. The first-order chi connectivity index (χ1) is 9.70. The van der Waals surface area contributed by atoms with Crippen LogP contribution in [0.5, 0.6) is 0 Å². The average Bonchev–Trinajstić information content (AvgIpc) is 2.46. The van der Waals surface area contributed by atoms with Crippen LogP contribution >= 0.6 is 11.3 Å². The highest BCUT2D eigenvalue weighted by Gasteiger charge is 1.99. The Morgan fingerprint density at radius 3 is 2.50 bits per heavy atom. The van der Waals surface area contributed by atoms with Gasteiger partial charge in [0.2, 0.25) is 4.80 Å². The largest absolute Gasteiger partial charge is 0.276 e. The van der Waals surface area contributed by atoms with E-state index in [-0.39, 0.29) is 11.6 Å². The van der Waals surface area contributed by atoms with Gasteiger partial charge in [-0.2, -0.15) is 0 Å². The molecule has 0 spiro atoms. The molecule has 3 rings (SSSR count). The molecule has 0 unspecified atom stereocenters. The molecule has 1 heterocycles. The first kappa shape index (κ1) is 12.6. The molecule has 0 radical (unpaired) electrons. The summed E-state index contributed by atoms with van der Waals surface area (Å²) in [6, 6.07) is 10.0. The number of hydrogen-bond donors (Lipinski definition) is 1. The van der Waals surface area contributed by atoms with Gasteiger partial charge in [0, 0.05) is 0 Å². The minimum Gasteiger partial charge on any atom is -0.276 e. The molecule has 0 bridgehead atoms. The number of halogens is 2. The number of hydrogen-bond acceptors (Lipinski definition) is 5. The molecule has 0 saturated carbocycles. The second kappa shape index (κ2) is 5.30. The van der Waals surface area contributed by atoms with Crippen molar-refractivity contribution in [1.82, 2.24) is 10.2 Å². The standard InChI is InChI=1S/C13H8F2N4S/c14-8-1-4-10(5-2-8)16-18-13-19-17-11-6-3-9(15)7-12(11)20-13/h1-7,16H/b18-13+. The van der Waals surface area contributed by atoms with E-state index in [4.69, 9.17) is 0 Å². The van der Waals surface area contributed by atoms with Crippen molar-refractivity contribution in [2.75, 3.05) is 5.43 Å². The van der Waals surface area contributed by atoms with Crippen LogP contribution in [0.1, 0.15) is 0 Å². The predicted molar refractivity (Wildman–Crippen MR) is 73.0 cm³/mol. The number of fused-ring (bicyclic) bond motifs is 1. The third kappa shape index (κ3) is 2.77. The zero-order valence-corrected chi connectivity index (χ0v) is 10.9. The highest BCUT2D eigenvalue weighted by atomic mass is 32.1. The zero-order valence-electron chi connectivity index (χ0n) is 10.0. The quantitative estimate of drug-likeness (QED) is 0.738. The van der Waals surface area contributed by atoms with Crippen LogP contribution in [0, 0.1) is 11.6 Å². The Kier molecular flexibility index (Phi) is 3.34. The van der Waals surface area contributed by atoms with E-state index < -0.39 is 0 Å². The van der Waals surface area contributed by atoms with Crippen molar-refractivity contribution in [2.45, 2.75) is 0 Å². The maximum Gasteiger partial charge on any atom is 0.248 e. The number of nitrogens with zero attached hydrogens (tertiary/aromatic N) is 3. The minimum absolute atomic E-state index is 0.320. The lowest BCUT2D eigenvalue weighted by atomic mass is 10.3. The lowest BCUT2D eigenvalue weighted by molar-refractivity contribution is 0.628. The topological polar surface area (TPSA) is 50.2 Å². The maximum atomic E-state index is 13.1. The van der Waals surface area contributed by atoms with Crippen molar-refractivity contribution in [2.24, 2.45) is 5.10 Å². The lowest BCUT2D eigenvalue weighted by Crippen LogP contribution is -2.08. The van der Waals surface area contributed by atoms with Crippen molar-refractivity contribution in [1.29, 1.82) is 0 Å². The molecule has 0 amide bonds. The maximum absolute atomic E-state index is 13.1. The molecular formula is C13H8F2N4S. The molecule has 2 aromatic carbocycles. The molecule has 1 N–H and O–H groups in total. The minimum atomic E-state index is -0.334. The van der Waals surface area contributed by atoms with E-state index in [1.165, 1.54) is 35.6 Å². The van der Waals surface area contributed by atoms with Crippen molar-refractivity contribution in [3.63, 3.8) is 0 Å². The van der Waals surface area contributed by atoms with E-state index >= 15 is 0 Å². The molecular weight excluding hydrogens is 282 g/mol. The summed E-state index contributed by atoms with van der Waals surface area (Å²) in [5.74, 6) is -0.654. The Bertz CT molecular complexity index is 814. The van der Waals surface area contributed by atoms with Crippen LogP contribution in [0.3, 0.4) is 0 Å². The Hall–Kier alpha value is -2.41. The Morgan fingerprint density at radius 1 is 0.950 bits per heavy atom. The predicted octanol–water partition coefficient (Wildman–Crippen LogP) is 2.90. The Labute approximate surface area is 116 Å². The molecule has 0 aliphatic rings. The third-order valence-electron chi connectivity index (χ3n) is 2.49. The third-order valence-corrected chi connectivity index (χ3v) is 3.39. The van der Waals surface area contributed by atoms with E-state index in [0.29, 0.717) is 20.7 Å². The van der Waals surface area contributed by atoms with Crippen molar-refractivity contribution >= 4 is 27.2 Å². The van der Waals surface area contributed by atoms with Crippen molar-refractivity contribution < 1.29 is 8.78 Å². The fraction of sp³-hybridized carbons (Fsp3) is 0. The summed E-state index contributed by atoms with van der Waals surface area (Å²) in [7, 11) is 0. The molecule has 7 heteroatoms. The SMILES string of the molecule is Fc1ccc(N/N=c2\nnc3ccc(F)cc3s2)cc1. The average molecular weight is 290 g/mol. The van der Waals surface area contributed by atoms with E-state index in [0.717, 1.165) is 0 Å². The molecule has 0 fully saturated rings. The first-order valence-corrected chi connectivity index (χ1v) is 6.51. The summed E-state index contributed by atoms with van der Waals surface area (Å²) >= 11 is 1.21. The molecule has 0 saturated heterocycles. The molecule has 0 aliphatic heterocycles. The Morgan fingerprint density at radius 2 is 1.70 bits per heavy atom. The van der Waals surface area contributed by atoms with Gasteiger partial charge in [0.15, 0.2) is 0 Å². The van der Waals surface area contributed by atoms with Gasteiger partial charge in [-0.15, -0.1) is 15.3 Å². The molecule has 20 heavy (non-hydrogen) atoms. The lowest BCUT2D eigenvalue weighted by Gasteiger charge is -1.98. The van der Waals surface area contributed by atoms with Gasteiger partial charge in [-0.1, -0.05) is 11.3 Å². The number of benzene rings is 2. The number of rotatable bonds is 2. The van der Waals surface area contributed by atoms with Crippen LogP contribution in [0.25, 0.3) is 10.2 Å². The van der Waals surface area contributed by atoms with Gasteiger partial charge >= 0.3 is 0 Å². The van der Waals surface area contributed by atoms with Gasteiger partial charge in [0.05, 0.1) is 10.4 Å². The van der Waals surface area contributed by atoms with Gasteiger partial charge < -0.3 is 0 Å². The van der Waals surface area contributed by atoms with Crippen LogP contribution in [-0.4, -0.2) is 10.2 Å². The van der Waals surface area contributed by atoms with Crippen LogP contribution in [-0.2, 0) is 0 Å². The second-order valence-corrected chi connectivity index (χ2v) is 4.94. The van der Waals surface area contributed by atoms with E-state index in [1.807, 2.05) is 0 Å². The molecule has 100 valence electrons. The fourth-order valence-corrected chi connectivity index (χ4v) is 2.30. The van der Waals surface area contributed by atoms with Gasteiger partial charge in [-0.25, -0.2) is 8.78 Å². The summed E-state index contributed by atoms with van der Waals surface area (Å²) in [6.07, 6.45) is 0. The molecule has 4 nitrogen and oxygen atoms in total. The van der Waals surface area contributed by atoms with Gasteiger partial charge in [-0.05, 0) is 42.5 Å². The molecule has 0 aliphatic carbocycles. The monoisotopic (exact) mass is 290 g/mol. The normalized spacial score (nSPS) is 11.8. The summed E-state index contributed by atoms with van der Waals surface area (Å²) in [5, 5.41) is 11.9. The smallest absolute Gasteiger partial charge is 0.248 e. The van der Waals surface area contributed by atoms with Crippen molar-refractivity contribution in [3.05, 3.63) is 58.9 Å². The van der Waals surface area contributed by atoms with Gasteiger partial charge in [-0.3, -0.25) is 5.43 Å². The van der Waals surface area contributed by atoms with Crippen LogP contribution < -0.4 is 10.2 Å². The summed E-state index contributed by atoms with van der Waals surface area (Å²) < 4.78 is 26.5. The first-order valence-electron chi connectivity index (χ1n) is 5.69. The zero-order chi connectivity index (χ0) is 13.9. The number of anilines is 1. The van der Waals surface area contributed by atoms with Gasteiger partial charge in [0.25, 0.3) is 0 Å². The van der Waals surface area contributed by atoms with Gasteiger partial charge in [0.1, 0.15) is 17.2 Å². The summed E-state index contributed by atoms with van der Waals surface area (Å²) in [5.41, 5.74) is 3.97. The van der Waals surface area contributed by atoms with Crippen LogP contribution in [0.4, 0.5) is 14.5 Å². The molecule has 1 aromatic heterocycles. The highest BCUT2D eigenvalue weighted by Crippen LogP contribution is 2.13. The van der Waals surface area contributed by atoms with E-state index in [1.54, 1.807) is 18.2 Å².